The van der Waals surface area contributed by atoms with Crippen molar-refractivity contribution in [1.82, 2.24) is 24.8 Å². The van der Waals surface area contributed by atoms with Crippen LogP contribution in [-0.2, 0) is 0 Å². The lowest BCUT2D eigenvalue weighted by Gasteiger charge is -2.05. The standard InChI is InChI=1S/C17H16N6O/c1-9-6-10(2)23-16(19-9)15(11(3)22-23)17(24)20-13-5-4-12-8-18-21-14(12)7-13/h4-8H,1-3H3,(H,18,21)(H,20,24). The Bertz CT molecular complexity index is 1090. The third-order valence-corrected chi connectivity index (χ3v) is 4.00. The molecule has 0 fully saturated rings. The Balaban J connectivity index is 1.76. The molecule has 0 saturated heterocycles. The van der Waals surface area contributed by atoms with Gasteiger partial charge >= 0.3 is 0 Å². The molecule has 4 aromatic rings. The van der Waals surface area contributed by atoms with E-state index in [1.807, 2.05) is 45.0 Å². The minimum absolute atomic E-state index is 0.223. The second-order valence-corrected chi connectivity index (χ2v) is 5.86. The summed E-state index contributed by atoms with van der Waals surface area (Å²) in [5, 5.41) is 15.2. The highest BCUT2D eigenvalue weighted by atomic mass is 16.1. The van der Waals surface area contributed by atoms with Crippen LogP contribution in [0.2, 0.25) is 0 Å². The van der Waals surface area contributed by atoms with E-state index in [1.54, 1.807) is 10.7 Å². The molecular formula is C17H16N6O. The molecule has 2 N–H and O–H groups in total. The van der Waals surface area contributed by atoms with Crippen molar-refractivity contribution in [3.63, 3.8) is 0 Å². The number of aromatic amines is 1. The molecule has 0 aliphatic carbocycles. The number of carbonyl (C=O) groups excluding carboxylic acids is 1. The highest BCUT2D eigenvalue weighted by molar-refractivity contribution is 6.09. The van der Waals surface area contributed by atoms with Crippen LogP contribution in [-0.4, -0.2) is 30.7 Å². The van der Waals surface area contributed by atoms with Crippen LogP contribution in [0.3, 0.4) is 0 Å². The highest BCUT2D eigenvalue weighted by Gasteiger charge is 2.20. The van der Waals surface area contributed by atoms with Crippen molar-refractivity contribution in [2.45, 2.75) is 20.8 Å². The number of nitrogens with zero attached hydrogens (tertiary/aromatic N) is 4. The lowest BCUT2D eigenvalue weighted by molar-refractivity contribution is 0.102. The van der Waals surface area contributed by atoms with Crippen molar-refractivity contribution in [3.8, 4) is 0 Å². The van der Waals surface area contributed by atoms with Crippen LogP contribution in [0.25, 0.3) is 16.6 Å². The number of carbonyl (C=O) groups is 1. The molecular weight excluding hydrogens is 304 g/mol. The summed E-state index contributed by atoms with van der Waals surface area (Å²) in [6.45, 7) is 5.67. The zero-order valence-electron chi connectivity index (χ0n) is 13.6. The Morgan fingerprint density at radius 2 is 2.04 bits per heavy atom. The average molecular weight is 320 g/mol. The molecule has 3 aromatic heterocycles. The first-order chi connectivity index (χ1) is 11.5. The monoisotopic (exact) mass is 320 g/mol. The van der Waals surface area contributed by atoms with Gasteiger partial charge in [0.15, 0.2) is 5.65 Å². The van der Waals surface area contributed by atoms with Crippen molar-refractivity contribution in [3.05, 3.63) is 53.1 Å². The number of aromatic nitrogens is 5. The smallest absolute Gasteiger partial charge is 0.261 e. The zero-order valence-corrected chi connectivity index (χ0v) is 13.6. The van der Waals surface area contributed by atoms with E-state index < -0.39 is 0 Å². The van der Waals surface area contributed by atoms with Crippen LogP contribution in [0.1, 0.15) is 27.4 Å². The number of hydrogen-bond acceptors (Lipinski definition) is 4. The number of hydrogen-bond donors (Lipinski definition) is 2. The molecule has 0 aliphatic rings. The van der Waals surface area contributed by atoms with Gasteiger partial charge in [-0.25, -0.2) is 9.50 Å². The van der Waals surface area contributed by atoms with E-state index in [1.165, 1.54) is 0 Å². The van der Waals surface area contributed by atoms with Gasteiger partial charge in [0, 0.05) is 22.5 Å². The van der Waals surface area contributed by atoms with Crippen molar-refractivity contribution >= 4 is 28.1 Å². The number of aryl methyl sites for hydroxylation is 3. The Kier molecular flexibility index (Phi) is 3.09. The third-order valence-electron chi connectivity index (χ3n) is 4.00. The van der Waals surface area contributed by atoms with Gasteiger partial charge in [-0.1, -0.05) is 0 Å². The molecule has 7 nitrogen and oxygen atoms in total. The molecule has 24 heavy (non-hydrogen) atoms. The van der Waals surface area contributed by atoms with Gasteiger partial charge in [0.2, 0.25) is 0 Å². The summed E-state index contributed by atoms with van der Waals surface area (Å²) in [5.41, 5.74) is 5.08. The fourth-order valence-electron chi connectivity index (χ4n) is 2.90. The fourth-order valence-corrected chi connectivity index (χ4v) is 2.90. The summed E-state index contributed by atoms with van der Waals surface area (Å²) in [4.78, 5) is 17.3. The summed E-state index contributed by atoms with van der Waals surface area (Å²) in [6, 6.07) is 7.54. The van der Waals surface area contributed by atoms with Crippen LogP contribution in [0.5, 0.6) is 0 Å². The van der Waals surface area contributed by atoms with Gasteiger partial charge in [-0.05, 0) is 45.0 Å². The molecule has 3 heterocycles. The number of amides is 1. The van der Waals surface area contributed by atoms with Crippen LogP contribution >= 0.6 is 0 Å². The maximum absolute atomic E-state index is 12.8. The number of nitrogens with one attached hydrogen (secondary N) is 2. The summed E-state index contributed by atoms with van der Waals surface area (Å²) < 4.78 is 1.70. The van der Waals surface area contributed by atoms with Crippen LogP contribution in [0, 0.1) is 20.8 Å². The second-order valence-electron chi connectivity index (χ2n) is 5.86. The van der Waals surface area contributed by atoms with Gasteiger partial charge in [0.1, 0.15) is 5.56 Å². The molecule has 0 unspecified atom stereocenters. The summed E-state index contributed by atoms with van der Waals surface area (Å²) in [5.74, 6) is -0.223. The predicted molar refractivity (Wildman–Crippen MR) is 91.2 cm³/mol. The first kappa shape index (κ1) is 14.4. The topological polar surface area (TPSA) is 88.0 Å². The minimum atomic E-state index is -0.223. The van der Waals surface area contributed by atoms with E-state index in [0.29, 0.717) is 22.6 Å². The lowest BCUT2D eigenvalue weighted by atomic mass is 10.2. The Morgan fingerprint density at radius 1 is 1.21 bits per heavy atom. The minimum Gasteiger partial charge on any atom is -0.322 e. The molecule has 0 aliphatic heterocycles. The van der Waals surface area contributed by atoms with Gasteiger partial charge in [-0.15, -0.1) is 0 Å². The summed E-state index contributed by atoms with van der Waals surface area (Å²) in [6.07, 6.45) is 1.74. The van der Waals surface area contributed by atoms with Crippen LogP contribution < -0.4 is 5.32 Å². The number of H-pyrrole nitrogens is 1. The maximum Gasteiger partial charge on any atom is 0.261 e. The van der Waals surface area contributed by atoms with Crippen molar-refractivity contribution in [1.29, 1.82) is 0 Å². The van der Waals surface area contributed by atoms with E-state index in [4.69, 9.17) is 0 Å². The molecule has 120 valence electrons. The largest absolute Gasteiger partial charge is 0.322 e. The molecule has 0 bridgehead atoms. The van der Waals surface area contributed by atoms with Gasteiger partial charge in [-0.3, -0.25) is 9.89 Å². The van der Waals surface area contributed by atoms with Gasteiger partial charge in [0.25, 0.3) is 5.91 Å². The predicted octanol–water partition coefficient (Wildman–Crippen LogP) is 2.78. The van der Waals surface area contributed by atoms with Crippen LogP contribution in [0.15, 0.2) is 30.5 Å². The van der Waals surface area contributed by atoms with Crippen LogP contribution in [0.4, 0.5) is 5.69 Å². The zero-order chi connectivity index (χ0) is 16.8. The van der Waals surface area contributed by atoms with E-state index in [-0.39, 0.29) is 5.91 Å². The number of rotatable bonds is 2. The first-order valence-corrected chi connectivity index (χ1v) is 7.61. The third kappa shape index (κ3) is 2.21. The van der Waals surface area contributed by atoms with E-state index in [0.717, 1.165) is 22.3 Å². The van der Waals surface area contributed by atoms with E-state index in [9.17, 15) is 4.79 Å². The molecule has 0 atom stereocenters. The molecule has 0 radical (unpaired) electrons. The molecule has 1 amide bonds. The average Bonchev–Trinajstić information content (AvgIpc) is 3.10. The molecule has 0 spiro atoms. The van der Waals surface area contributed by atoms with Crippen molar-refractivity contribution < 1.29 is 4.79 Å². The first-order valence-electron chi connectivity index (χ1n) is 7.61. The summed E-state index contributed by atoms with van der Waals surface area (Å²) >= 11 is 0. The normalized spacial score (nSPS) is 11.3. The Morgan fingerprint density at radius 3 is 2.88 bits per heavy atom. The maximum atomic E-state index is 12.8. The molecule has 7 heteroatoms. The summed E-state index contributed by atoms with van der Waals surface area (Å²) in [7, 11) is 0. The Labute approximate surface area is 137 Å². The molecule has 1 aromatic carbocycles. The SMILES string of the molecule is Cc1cc(C)n2nc(C)c(C(=O)Nc3ccc4cn[nH]c4c3)c2n1. The van der Waals surface area contributed by atoms with Gasteiger partial charge in [-0.2, -0.15) is 10.2 Å². The lowest BCUT2D eigenvalue weighted by Crippen LogP contribution is -2.13. The number of anilines is 1. The van der Waals surface area contributed by atoms with Crippen molar-refractivity contribution in [2.24, 2.45) is 0 Å². The van der Waals surface area contributed by atoms with Gasteiger partial charge in [0.05, 0.1) is 17.4 Å². The van der Waals surface area contributed by atoms with Gasteiger partial charge < -0.3 is 5.32 Å². The Hall–Kier alpha value is -3.22. The molecule has 4 rings (SSSR count). The fraction of sp³-hybridized carbons (Fsp3) is 0.176. The highest BCUT2D eigenvalue weighted by Crippen LogP contribution is 2.20. The number of fused-ring (bicyclic) bond motifs is 2. The second kappa shape index (κ2) is 5.16. The van der Waals surface area contributed by atoms with E-state index in [2.05, 4.69) is 25.6 Å². The van der Waals surface area contributed by atoms with Crippen molar-refractivity contribution in [2.75, 3.05) is 5.32 Å². The number of benzene rings is 1. The molecule has 0 saturated carbocycles. The van der Waals surface area contributed by atoms with E-state index >= 15 is 0 Å². The quantitative estimate of drug-likeness (QED) is 0.594.